The zero-order valence-corrected chi connectivity index (χ0v) is 10.3. The van der Waals surface area contributed by atoms with E-state index >= 15 is 0 Å². The minimum atomic E-state index is 0.291. The highest BCUT2D eigenvalue weighted by atomic mass is 79.9. The van der Waals surface area contributed by atoms with Crippen molar-refractivity contribution < 1.29 is 0 Å². The maximum absolute atomic E-state index is 9.01. The van der Waals surface area contributed by atoms with Gasteiger partial charge < -0.3 is 11.1 Å². The van der Waals surface area contributed by atoms with Gasteiger partial charge in [-0.3, -0.25) is 0 Å². The zero-order chi connectivity index (χ0) is 12.3. The van der Waals surface area contributed by atoms with Crippen LogP contribution in [0.2, 0.25) is 0 Å². The molecule has 0 saturated carbocycles. The SMILES string of the molecule is N#Cc1cc(Br)ccc1Nc1nccnc1N. The van der Waals surface area contributed by atoms with Crippen molar-refractivity contribution in [1.29, 1.82) is 5.26 Å². The zero-order valence-electron chi connectivity index (χ0n) is 8.68. The van der Waals surface area contributed by atoms with Gasteiger partial charge >= 0.3 is 0 Å². The van der Waals surface area contributed by atoms with Crippen molar-refractivity contribution in [2.24, 2.45) is 0 Å². The van der Waals surface area contributed by atoms with Crippen molar-refractivity contribution in [3.05, 3.63) is 40.6 Å². The van der Waals surface area contributed by atoms with Crippen LogP contribution in [-0.2, 0) is 0 Å². The van der Waals surface area contributed by atoms with Crippen molar-refractivity contribution in [2.45, 2.75) is 0 Å². The van der Waals surface area contributed by atoms with Gasteiger partial charge in [-0.05, 0) is 18.2 Å². The molecule has 2 rings (SSSR count). The van der Waals surface area contributed by atoms with E-state index in [-0.39, 0.29) is 0 Å². The van der Waals surface area contributed by atoms with Crippen molar-refractivity contribution in [3.8, 4) is 6.07 Å². The third-order valence-corrected chi connectivity index (χ3v) is 2.57. The fourth-order valence-corrected chi connectivity index (χ4v) is 1.65. The number of aromatic nitrogens is 2. The lowest BCUT2D eigenvalue weighted by atomic mass is 10.2. The van der Waals surface area contributed by atoms with Gasteiger partial charge in [-0.25, -0.2) is 9.97 Å². The first-order valence-electron chi connectivity index (χ1n) is 4.74. The van der Waals surface area contributed by atoms with E-state index in [1.54, 1.807) is 12.1 Å². The van der Waals surface area contributed by atoms with Crippen molar-refractivity contribution in [1.82, 2.24) is 9.97 Å². The van der Waals surface area contributed by atoms with E-state index in [0.717, 1.165) is 4.47 Å². The van der Waals surface area contributed by atoms with Crippen LogP contribution >= 0.6 is 15.9 Å². The van der Waals surface area contributed by atoms with Crippen LogP contribution in [0.5, 0.6) is 0 Å². The lowest BCUT2D eigenvalue weighted by molar-refractivity contribution is 1.21. The molecule has 17 heavy (non-hydrogen) atoms. The molecule has 0 aliphatic heterocycles. The summed E-state index contributed by atoms with van der Waals surface area (Å²) in [6, 6.07) is 7.42. The van der Waals surface area contributed by atoms with Crippen molar-refractivity contribution in [2.75, 3.05) is 11.1 Å². The van der Waals surface area contributed by atoms with E-state index in [9.17, 15) is 0 Å². The maximum Gasteiger partial charge on any atom is 0.173 e. The third-order valence-electron chi connectivity index (χ3n) is 2.08. The molecule has 6 heteroatoms. The molecule has 3 N–H and O–H groups in total. The fourth-order valence-electron chi connectivity index (χ4n) is 1.29. The number of nitrogens with zero attached hydrogens (tertiary/aromatic N) is 3. The Morgan fingerprint density at radius 3 is 2.76 bits per heavy atom. The summed E-state index contributed by atoms with van der Waals surface area (Å²) in [5.41, 5.74) is 6.81. The Hall–Kier alpha value is -2.13. The number of rotatable bonds is 2. The maximum atomic E-state index is 9.01. The van der Waals surface area contributed by atoms with Gasteiger partial charge in [-0.2, -0.15) is 5.26 Å². The highest BCUT2D eigenvalue weighted by Crippen LogP contribution is 2.24. The second-order valence-corrected chi connectivity index (χ2v) is 4.13. The number of halogens is 1. The number of benzene rings is 1. The van der Waals surface area contributed by atoms with Crippen molar-refractivity contribution >= 4 is 33.3 Å². The molecule has 0 saturated heterocycles. The van der Waals surface area contributed by atoms with Crippen LogP contribution in [0.25, 0.3) is 0 Å². The number of anilines is 3. The number of hydrogen-bond donors (Lipinski definition) is 2. The summed E-state index contributed by atoms with van der Waals surface area (Å²) in [5.74, 6) is 0.727. The summed E-state index contributed by atoms with van der Waals surface area (Å²) in [5, 5.41) is 12.0. The summed E-state index contributed by atoms with van der Waals surface area (Å²) in [6.07, 6.45) is 3.04. The standard InChI is InChI=1S/C11H8BrN5/c12-8-1-2-9(7(5-8)6-13)17-11-10(14)15-3-4-16-11/h1-5H,(H2,14,15)(H,16,17). The summed E-state index contributed by atoms with van der Waals surface area (Å²) in [7, 11) is 0. The van der Waals surface area contributed by atoms with Gasteiger partial charge in [0, 0.05) is 16.9 Å². The molecule has 0 fully saturated rings. The van der Waals surface area contributed by atoms with Crippen LogP contribution in [0.1, 0.15) is 5.56 Å². The van der Waals surface area contributed by atoms with Crippen LogP contribution in [0.4, 0.5) is 17.3 Å². The van der Waals surface area contributed by atoms with E-state index in [1.807, 2.05) is 6.07 Å². The van der Waals surface area contributed by atoms with Crippen LogP contribution in [0.3, 0.4) is 0 Å². The van der Waals surface area contributed by atoms with E-state index in [0.29, 0.717) is 22.9 Å². The monoisotopic (exact) mass is 289 g/mol. The molecule has 0 spiro atoms. The van der Waals surface area contributed by atoms with Gasteiger partial charge in [-0.15, -0.1) is 0 Å². The molecular formula is C11H8BrN5. The van der Waals surface area contributed by atoms with Gasteiger partial charge in [0.2, 0.25) is 0 Å². The summed E-state index contributed by atoms with van der Waals surface area (Å²) in [6.45, 7) is 0. The summed E-state index contributed by atoms with van der Waals surface area (Å²) < 4.78 is 0.840. The van der Waals surface area contributed by atoms with Crippen LogP contribution in [0, 0.1) is 11.3 Å². The molecule has 84 valence electrons. The number of nitrogen functional groups attached to an aromatic ring is 1. The second-order valence-electron chi connectivity index (χ2n) is 3.22. The second kappa shape index (κ2) is 4.80. The molecule has 5 nitrogen and oxygen atoms in total. The highest BCUT2D eigenvalue weighted by Gasteiger charge is 2.06. The molecule has 1 aromatic carbocycles. The Bertz CT molecular complexity index is 591. The van der Waals surface area contributed by atoms with E-state index in [4.69, 9.17) is 11.0 Å². The van der Waals surface area contributed by atoms with Gasteiger partial charge in [-0.1, -0.05) is 15.9 Å². The van der Waals surface area contributed by atoms with E-state index in [1.165, 1.54) is 12.4 Å². The van der Waals surface area contributed by atoms with Crippen molar-refractivity contribution in [3.63, 3.8) is 0 Å². The lowest BCUT2D eigenvalue weighted by Gasteiger charge is -2.08. The van der Waals surface area contributed by atoms with Crippen LogP contribution in [0.15, 0.2) is 35.1 Å². The predicted octanol–water partition coefficient (Wildman–Crippen LogP) is 2.44. The normalized spacial score (nSPS) is 9.65. The third kappa shape index (κ3) is 2.52. The molecule has 1 heterocycles. The summed E-state index contributed by atoms with van der Waals surface area (Å²) in [4.78, 5) is 7.96. The fraction of sp³-hybridized carbons (Fsp3) is 0. The molecule has 0 aliphatic carbocycles. The Morgan fingerprint density at radius 1 is 1.29 bits per heavy atom. The van der Waals surface area contributed by atoms with E-state index < -0.39 is 0 Å². The molecule has 0 bridgehead atoms. The Balaban J connectivity index is 2.37. The Morgan fingerprint density at radius 2 is 2.06 bits per heavy atom. The Labute approximate surface area is 106 Å². The molecule has 1 aromatic heterocycles. The molecule has 2 aromatic rings. The molecule has 0 unspecified atom stereocenters. The van der Waals surface area contributed by atoms with Gasteiger partial charge in [0.1, 0.15) is 6.07 Å². The van der Waals surface area contributed by atoms with Crippen LogP contribution < -0.4 is 11.1 Å². The highest BCUT2D eigenvalue weighted by molar-refractivity contribution is 9.10. The summed E-state index contributed by atoms with van der Waals surface area (Å²) >= 11 is 3.31. The number of hydrogen-bond acceptors (Lipinski definition) is 5. The smallest absolute Gasteiger partial charge is 0.173 e. The molecule has 0 radical (unpaired) electrons. The van der Waals surface area contributed by atoms with Gasteiger partial charge in [0.05, 0.1) is 11.3 Å². The first-order chi connectivity index (χ1) is 8.20. The molecule has 0 aliphatic rings. The van der Waals surface area contributed by atoms with Gasteiger partial charge in [0.25, 0.3) is 0 Å². The van der Waals surface area contributed by atoms with Crippen LogP contribution in [-0.4, -0.2) is 9.97 Å². The van der Waals surface area contributed by atoms with E-state index in [2.05, 4.69) is 37.3 Å². The predicted molar refractivity (Wildman–Crippen MR) is 68.6 cm³/mol. The average Bonchev–Trinajstić information content (AvgIpc) is 2.34. The number of nitrogens with one attached hydrogen (secondary N) is 1. The molecule has 0 atom stereocenters. The lowest BCUT2D eigenvalue weighted by Crippen LogP contribution is -2.02. The Kier molecular flexibility index (Phi) is 3.21. The first-order valence-corrected chi connectivity index (χ1v) is 5.53. The molecular weight excluding hydrogens is 282 g/mol. The quantitative estimate of drug-likeness (QED) is 0.887. The molecule has 0 amide bonds. The topological polar surface area (TPSA) is 87.6 Å². The minimum absolute atomic E-state index is 0.291. The largest absolute Gasteiger partial charge is 0.381 e. The van der Waals surface area contributed by atoms with Gasteiger partial charge in [0.15, 0.2) is 11.6 Å². The number of nitrogens with two attached hydrogens (primary N) is 1. The number of nitriles is 1. The average molecular weight is 290 g/mol. The minimum Gasteiger partial charge on any atom is -0.381 e. The first kappa shape index (κ1) is 11.4.